The van der Waals surface area contributed by atoms with Crippen LogP contribution in [-0.2, 0) is 5.60 Å². The van der Waals surface area contributed by atoms with Gasteiger partial charge in [-0.1, -0.05) is 0 Å². The number of nitrogens with one attached hydrogen (secondary N) is 1. The zero-order chi connectivity index (χ0) is 14.5. The van der Waals surface area contributed by atoms with Crippen molar-refractivity contribution in [2.75, 3.05) is 13.2 Å². The molecular formula is C15H26N2O2. The molecule has 1 heterocycles. The number of aliphatic hydroxyl groups is 1. The van der Waals surface area contributed by atoms with E-state index in [1.54, 1.807) is 12.4 Å². The van der Waals surface area contributed by atoms with Crippen molar-refractivity contribution >= 4 is 0 Å². The Labute approximate surface area is 116 Å². The number of ether oxygens (including phenoxy) is 1. The van der Waals surface area contributed by atoms with Gasteiger partial charge in [-0.3, -0.25) is 4.98 Å². The van der Waals surface area contributed by atoms with Crippen LogP contribution < -0.4 is 10.1 Å². The second-order valence-corrected chi connectivity index (χ2v) is 6.04. The van der Waals surface area contributed by atoms with Gasteiger partial charge in [0.25, 0.3) is 0 Å². The lowest BCUT2D eigenvalue weighted by Gasteiger charge is -2.27. The second-order valence-electron chi connectivity index (χ2n) is 6.04. The van der Waals surface area contributed by atoms with Crippen molar-refractivity contribution in [2.45, 2.75) is 52.2 Å². The molecule has 1 atom stereocenters. The summed E-state index contributed by atoms with van der Waals surface area (Å²) in [6.07, 6.45) is 3.98. The summed E-state index contributed by atoms with van der Waals surface area (Å²) < 4.78 is 5.41. The lowest BCUT2D eigenvalue weighted by atomic mass is 9.93. The van der Waals surface area contributed by atoms with Gasteiger partial charge in [-0.15, -0.1) is 0 Å². The Morgan fingerprint density at radius 1 is 1.26 bits per heavy atom. The first-order chi connectivity index (χ1) is 8.74. The Kier molecular flexibility index (Phi) is 5.32. The summed E-state index contributed by atoms with van der Waals surface area (Å²) >= 11 is 0. The lowest BCUT2D eigenvalue weighted by molar-refractivity contribution is 0.0457. The number of pyridine rings is 1. The highest BCUT2D eigenvalue weighted by atomic mass is 16.5. The van der Waals surface area contributed by atoms with Crippen molar-refractivity contribution in [2.24, 2.45) is 0 Å². The van der Waals surface area contributed by atoms with Crippen LogP contribution >= 0.6 is 0 Å². The summed E-state index contributed by atoms with van der Waals surface area (Å²) in [4.78, 5) is 4.12. The van der Waals surface area contributed by atoms with Crippen LogP contribution in [0.15, 0.2) is 18.5 Å². The maximum atomic E-state index is 10.5. The number of hydrogen-bond donors (Lipinski definition) is 2. The molecule has 0 radical (unpaired) electrons. The molecule has 0 saturated heterocycles. The van der Waals surface area contributed by atoms with E-state index in [2.05, 4.69) is 31.1 Å². The summed E-state index contributed by atoms with van der Waals surface area (Å²) in [7, 11) is 0. The van der Waals surface area contributed by atoms with E-state index in [9.17, 15) is 5.11 Å². The number of rotatable bonds is 6. The summed E-state index contributed by atoms with van der Waals surface area (Å²) in [5.74, 6) is 0.698. The fourth-order valence-corrected chi connectivity index (χ4v) is 1.78. The maximum absolute atomic E-state index is 10.5. The van der Waals surface area contributed by atoms with Gasteiger partial charge >= 0.3 is 0 Å². The average Bonchev–Trinajstić information content (AvgIpc) is 2.28. The van der Waals surface area contributed by atoms with Gasteiger partial charge in [0.05, 0.1) is 18.4 Å². The van der Waals surface area contributed by atoms with Crippen LogP contribution in [0, 0.1) is 0 Å². The fourth-order valence-electron chi connectivity index (χ4n) is 1.78. The first-order valence-corrected chi connectivity index (χ1v) is 6.80. The fraction of sp³-hybridized carbons (Fsp3) is 0.667. The molecule has 1 unspecified atom stereocenters. The molecule has 4 nitrogen and oxygen atoms in total. The smallest absolute Gasteiger partial charge is 0.137 e. The average molecular weight is 266 g/mol. The third kappa shape index (κ3) is 5.57. The van der Waals surface area contributed by atoms with Crippen molar-refractivity contribution < 1.29 is 9.84 Å². The first-order valence-electron chi connectivity index (χ1n) is 6.80. The van der Waals surface area contributed by atoms with Gasteiger partial charge in [0.1, 0.15) is 5.75 Å². The number of aromatic nitrogens is 1. The second kappa shape index (κ2) is 6.35. The van der Waals surface area contributed by atoms with E-state index in [0.717, 1.165) is 12.1 Å². The van der Waals surface area contributed by atoms with Crippen LogP contribution in [-0.4, -0.2) is 28.8 Å². The molecule has 1 aromatic rings. The van der Waals surface area contributed by atoms with Crippen LogP contribution in [0.5, 0.6) is 5.75 Å². The molecule has 19 heavy (non-hydrogen) atoms. The van der Waals surface area contributed by atoms with Gasteiger partial charge in [-0.2, -0.15) is 0 Å². The highest BCUT2D eigenvalue weighted by Crippen LogP contribution is 2.26. The van der Waals surface area contributed by atoms with Crippen LogP contribution in [0.4, 0.5) is 0 Å². The topological polar surface area (TPSA) is 54.4 Å². The molecule has 0 aliphatic heterocycles. The van der Waals surface area contributed by atoms with Crippen molar-refractivity contribution in [1.29, 1.82) is 0 Å². The van der Waals surface area contributed by atoms with Gasteiger partial charge in [0.2, 0.25) is 0 Å². The van der Waals surface area contributed by atoms with Crippen molar-refractivity contribution in [1.82, 2.24) is 10.3 Å². The molecule has 0 fully saturated rings. The Bertz CT molecular complexity index is 397. The minimum atomic E-state index is -0.904. The Balaban J connectivity index is 2.68. The van der Waals surface area contributed by atoms with Gasteiger partial charge in [-0.05, 0) is 53.7 Å². The Morgan fingerprint density at radius 3 is 2.53 bits per heavy atom. The summed E-state index contributed by atoms with van der Waals surface area (Å²) in [6.45, 7) is 11.4. The Morgan fingerprint density at radius 2 is 1.95 bits per heavy atom. The molecule has 0 spiro atoms. The lowest BCUT2D eigenvalue weighted by Crippen LogP contribution is -2.39. The van der Waals surface area contributed by atoms with E-state index in [0.29, 0.717) is 18.8 Å². The largest absolute Gasteiger partial charge is 0.492 e. The van der Waals surface area contributed by atoms with Crippen LogP contribution in [0.2, 0.25) is 0 Å². The summed E-state index contributed by atoms with van der Waals surface area (Å²) in [5.41, 5.74) is -0.0611. The van der Waals surface area contributed by atoms with Crippen LogP contribution in [0.1, 0.15) is 46.6 Å². The minimum Gasteiger partial charge on any atom is -0.492 e. The van der Waals surface area contributed by atoms with Gasteiger partial charge in [-0.25, -0.2) is 0 Å². The van der Waals surface area contributed by atoms with Crippen LogP contribution in [0.3, 0.4) is 0 Å². The highest BCUT2D eigenvalue weighted by molar-refractivity contribution is 5.27. The van der Waals surface area contributed by atoms with Crippen molar-refractivity contribution in [3.8, 4) is 5.75 Å². The normalized spacial score (nSPS) is 15.1. The molecule has 0 saturated carbocycles. The number of hydrogen-bond acceptors (Lipinski definition) is 4. The van der Waals surface area contributed by atoms with E-state index >= 15 is 0 Å². The van der Waals surface area contributed by atoms with Crippen molar-refractivity contribution in [3.63, 3.8) is 0 Å². The molecule has 4 heteroatoms. The molecule has 0 aromatic carbocycles. The van der Waals surface area contributed by atoms with Crippen molar-refractivity contribution in [3.05, 3.63) is 24.0 Å². The highest BCUT2D eigenvalue weighted by Gasteiger charge is 2.24. The minimum absolute atomic E-state index is 0.0570. The zero-order valence-corrected chi connectivity index (χ0v) is 12.7. The number of nitrogens with zero attached hydrogens (tertiary/aromatic N) is 1. The van der Waals surface area contributed by atoms with Gasteiger partial charge < -0.3 is 15.2 Å². The Hall–Kier alpha value is -1.13. The molecule has 0 bridgehead atoms. The molecule has 0 amide bonds. The van der Waals surface area contributed by atoms with E-state index in [1.807, 2.05) is 19.9 Å². The van der Waals surface area contributed by atoms with E-state index in [-0.39, 0.29) is 5.54 Å². The molecular weight excluding hydrogens is 240 g/mol. The summed E-state index contributed by atoms with van der Waals surface area (Å²) in [5, 5.41) is 13.9. The van der Waals surface area contributed by atoms with E-state index < -0.39 is 5.60 Å². The monoisotopic (exact) mass is 266 g/mol. The van der Waals surface area contributed by atoms with E-state index in [4.69, 9.17) is 4.74 Å². The summed E-state index contributed by atoms with van der Waals surface area (Å²) in [6, 6.07) is 1.85. The molecule has 108 valence electrons. The van der Waals surface area contributed by atoms with Gasteiger partial charge in [0.15, 0.2) is 0 Å². The SMILES string of the molecule is CCOc1cncc(C(C)(O)CCNC(C)(C)C)c1. The standard InChI is InChI=1S/C15H26N2O2/c1-6-19-13-9-12(10-16-11-13)15(5,18)7-8-17-14(2,3)4/h9-11,17-18H,6-8H2,1-5H3. The molecule has 2 N–H and O–H groups in total. The zero-order valence-electron chi connectivity index (χ0n) is 12.7. The third-order valence-electron chi connectivity index (χ3n) is 2.91. The molecule has 0 aliphatic carbocycles. The molecule has 1 aromatic heterocycles. The predicted octanol–water partition coefficient (Wildman–Crippen LogP) is 2.47. The molecule has 1 rings (SSSR count). The third-order valence-corrected chi connectivity index (χ3v) is 2.91. The van der Waals surface area contributed by atoms with Gasteiger partial charge in [0, 0.05) is 17.3 Å². The quantitative estimate of drug-likeness (QED) is 0.830. The molecule has 0 aliphatic rings. The first kappa shape index (κ1) is 15.9. The maximum Gasteiger partial charge on any atom is 0.137 e. The van der Waals surface area contributed by atoms with Crippen LogP contribution in [0.25, 0.3) is 0 Å². The van der Waals surface area contributed by atoms with E-state index in [1.165, 1.54) is 0 Å². The predicted molar refractivity (Wildman–Crippen MR) is 77.3 cm³/mol.